The van der Waals surface area contributed by atoms with Crippen molar-refractivity contribution in [1.82, 2.24) is 24.3 Å². The third-order valence-corrected chi connectivity index (χ3v) is 4.55. The summed E-state index contributed by atoms with van der Waals surface area (Å²) < 4.78 is 9.98. The summed E-state index contributed by atoms with van der Waals surface area (Å²) >= 11 is 0. The van der Waals surface area contributed by atoms with Crippen LogP contribution in [0.4, 0.5) is 0 Å². The highest BCUT2D eigenvalue weighted by molar-refractivity contribution is 5.58. The lowest BCUT2D eigenvalue weighted by molar-refractivity contribution is 0.306. The third kappa shape index (κ3) is 3.60. The number of aromatic nitrogens is 5. The summed E-state index contributed by atoms with van der Waals surface area (Å²) in [7, 11) is 1.94. The van der Waals surface area contributed by atoms with Gasteiger partial charge in [0.1, 0.15) is 24.5 Å². The quantitative estimate of drug-likeness (QED) is 0.524. The van der Waals surface area contributed by atoms with E-state index in [0.29, 0.717) is 6.61 Å². The molecule has 2 aromatic heterocycles. The van der Waals surface area contributed by atoms with E-state index in [-0.39, 0.29) is 6.04 Å². The van der Waals surface area contributed by atoms with E-state index in [4.69, 9.17) is 4.74 Å². The Kier molecular flexibility index (Phi) is 4.70. The fourth-order valence-corrected chi connectivity index (χ4v) is 3.11. The summed E-state index contributed by atoms with van der Waals surface area (Å²) in [6.07, 6.45) is 5.48. The van der Waals surface area contributed by atoms with Gasteiger partial charge in [0.15, 0.2) is 5.82 Å². The van der Waals surface area contributed by atoms with Crippen molar-refractivity contribution in [1.29, 1.82) is 0 Å². The van der Waals surface area contributed by atoms with Crippen LogP contribution in [0, 0.1) is 0 Å². The fourth-order valence-electron chi connectivity index (χ4n) is 3.11. The fraction of sp³-hybridized carbons (Fsp3) is 0.190. The van der Waals surface area contributed by atoms with Crippen LogP contribution >= 0.6 is 0 Å². The van der Waals surface area contributed by atoms with Gasteiger partial charge in [0.05, 0.1) is 6.04 Å². The minimum Gasteiger partial charge on any atom is -0.489 e. The summed E-state index contributed by atoms with van der Waals surface area (Å²) in [6, 6.07) is 18.2. The highest BCUT2D eigenvalue weighted by atomic mass is 16.5. The summed E-state index contributed by atoms with van der Waals surface area (Å²) in [6.45, 7) is 2.62. The normalized spacial score (nSPS) is 12.1. The van der Waals surface area contributed by atoms with E-state index < -0.39 is 0 Å². The lowest BCUT2D eigenvalue weighted by Gasteiger charge is -2.16. The maximum Gasteiger partial charge on any atom is 0.155 e. The molecule has 6 nitrogen and oxygen atoms in total. The SMILES string of the molecule is C[C@@H](c1nncn1C)n1ccnc1-c1cccc(OCc2ccccc2)c1. The number of ether oxygens (including phenoxy) is 1. The first-order valence-electron chi connectivity index (χ1n) is 8.86. The van der Waals surface area contributed by atoms with Crippen LogP contribution in [-0.2, 0) is 13.7 Å². The van der Waals surface area contributed by atoms with Gasteiger partial charge >= 0.3 is 0 Å². The Labute approximate surface area is 158 Å². The molecule has 4 aromatic rings. The van der Waals surface area contributed by atoms with Gasteiger partial charge in [0.2, 0.25) is 0 Å². The lowest BCUT2D eigenvalue weighted by Crippen LogP contribution is -2.12. The van der Waals surface area contributed by atoms with Crippen LogP contribution < -0.4 is 4.74 Å². The molecule has 0 aliphatic rings. The molecule has 2 aromatic carbocycles. The highest BCUT2D eigenvalue weighted by Crippen LogP contribution is 2.27. The van der Waals surface area contributed by atoms with Gasteiger partial charge in [-0.15, -0.1) is 10.2 Å². The molecule has 0 aliphatic carbocycles. The molecule has 0 bridgehead atoms. The van der Waals surface area contributed by atoms with Crippen molar-refractivity contribution in [2.24, 2.45) is 7.05 Å². The molecule has 1 atom stereocenters. The summed E-state index contributed by atoms with van der Waals surface area (Å²) in [5.41, 5.74) is 2.14. The zero-order chi connectivity index (χ0) is 18.6. The van der Waals surface area contributed by atoms with E-state index in [1.165, 1.54) is 0 Å². The molecule has 0 aliphatic heterocycles. The Bertz CT molecular complexity index is 1020. The van der Waals surface area contributed by atoms with Gasteiger partial charge in [-0.2, -0.15) is 0 Å². The van der Waals surface area contributed by atoms with Crippen LogP contribution in [0.15, 0.2) is 73.3 Å². The van der Waals surface area contributed by atoms with E-state index in [9.17, 15) is 0 Å². The van der Waals surface area contributed by atoms with Gasteiger partial charge in [0.25, 0.3) is 0 Å². The molecule has 0 radical (unpaired) electrons. The first-order valence-corrected chi connectivity index (χ1v) is 8.86. The van der Waals surface area contributed by atoms with Gasteiger partial charge in [-0.05, 0) is 24.6 Å². The standard InChI is InChI=1S/C21H21N5O/c1-16(20-24-23-15-25(20)2)26-12-11-22-21(26)18-9-6-10-19(13-18)27-14-17-7-4-3-5-8-17/h3-13,15-16H,14H2,1-2H3/t16-/m0/s1. The van der Waals surface area contributed by atoms with Crippen molar-refractivity contribution in [3.63, 3.8) is 0 Å². The summed E-state index contributed by atoms with van der Waals surface area (Å²) in [5, 5.41) is 8.21. The average molecular weight is 359 g/mol. The molecule has 4 rings (SSSR count). The van der Waals surface area contributed by atoms with Crippen LogP contribution in [0.5, 0.6) is 5.75 Å². The summed E-state index contributed by atoms with van der Waals surface area (Å²) in [4.78, 5) is 4.56. The molecular weight excluding hydrogens is 338 g/mol. The van der Waals surface area contributed by atoms with Gasteiger partial charge in [-0.3, -0.25) is 0 Å². The second kappa shape index (κ2) is 7.45. The first-order chi connectivity index (χ1) is 13.2. The van der Waals surface area contributed by atoms with E-state index >= 15 is 0 Å². The number of nitrogens with zero attached hydrogens (tertiary/aromatic N) is 5. The van der Waals surface area contributed by atoms with Crippen LogP contribution in [0.2, 0.25) is 0 Å². The lowest BCUT2D eigenvalue weighted by atomic mass is 10.2. The van der Waals surface area contributed by atoms with E-state index in [1.807, 2.05) is 60.3 Å². The zero-order valence-electron chi connectivity index (χ0n) is 15.4. The van der Waals surface area contributed by atoms with Crippen LogP contribution in [0.1, 0.15) is 24.4 Å². The number of benzene rings is 2. The van der Waals surface area contributed by atoms with E-state index in [2.05, 4.69) is 38.8 Å². The third-order valence-electron chi connectivity index (χ3n) is 4.55. The molecule has 0 spiro atoms. The van der Waals surface area contributed by atoms with Gasteiger partial charge in [-0.25, -0.2) is 4.98 Å². The number of hydrogen-bond donors (Lipinski definition) is 0. The molecule has 0 N–H and O–H groups in total. The Balaban J connectivity index is 1.58. The molecule has 0 fully saturated rings. The summed E-state index contributed by atoms with van der Waals surface area (Å²) in [5.74, 6) is 2.57. The van der Waals surface area contributed by atoms with E-state index in [1.54, 1.807) is 12.5 Å². The Morgan fingerprint density at radius 3 is 2.70 bits per heavy atom. The predicted molar refractivity (Wildman–Crippen MR) is 103 cm³/mol. The average Bonchev–Trinajstić information content (AvgIpc) is 3.36. The Morgan fingerprint density at radius 2 is 1.93 bits per heavy atom. The van der Waals surface area contributed by atoms with Gasteiger partial charge in [0, 0.05) is 25.0 Å². The molecule has 0 unspecified atom stereocenters. The molecule has 0 saturated carbocycles. The van der Waals surface area contributed by atoms with Crippen molar-refractivity contribution >= 4 is 0 Å². The largest absolute Gasteiger partial charge is 0.489 e. The second-order valence-electron chi connectivity index (χ2n) is 6.44. The molecule has 0 amide bonds. The number of rotatable bonds is 6. The zero-order valence-corrected chi connectivity index (χ0v) is 15.4. The molecule has 2 heterocycles. The molecule has 6 heteroatoms. The van der Waals surface area contributed by atoms with Crippen LogP contribution in [-0.4, -0.2) is 24.3 Å². The first kappa shape index (κ1) is 17.0. The van der Waals surface area contributed by atoms with Crippen molar-refractivity contribution in [3.05, 3.63) is 84.7 Å². The topological polar surface area (TPSA) is 57.8 Å². The second-order valence-corrected chi connectivity index (χ2v) is 6.44. The van der Waals surface area contributed by atoms with Gasteiger partial charge < -0.3 is 13.9 Å². The highest BCUT2D eigenvalue weighted by Gasteiger charge is 2.17. The maximum atomic E-state index is 5.96. The monoisotopic (exact) mass is 359 g/mol. The smallest absolute Gasteiger partial charge is 0.155 e. The van der Waals surface area contributed by atoms with Crippen molar-refractivity contribution in [2.45, 2.75) is 19.6 Å². The molecule has 27 heavy (non-hydrogen) atoms. The minimum absolute atomic E-state index is 0.0175. The minimum atomic E-state index is 0.0175. The van der Waals surface area contributed by atoms with Crippen molar-refractivity contribution in [3.8, 4) is 17.1 Å². The number of hydrogen-bond acceptors (Lipinski definition) is 4. The predicted octanol–water partition coefficient (Wildman–Crippen LogP) is 3.87. The molecule has 0 saturated heterocycles. The number of aryl methyl sites for hydroxylation is 1. The number of imidazole rings is 1. The maximum absolute atomic E-state index is 5.96. The van der Waals surface area contributed by atoms with Crippen molar-refractivity contribution < 1.29 is 4.74 Å². The van der Waals surface area contributed by atoms with Crippen LogP contribution in [0.3, 0.4) is 0 Å². The Hall–Kier alpha value is -3.41. The molecule has 136 valence electrons. The van der Waals surface area contributed by atoms with Crippen LogP contribution in [0.25, 0.3) is 11.4 Å². The Morgan fingerprint density at radius 1 is 1.07 bits per heavy atom. The van der Waals surface area contributed by atoms with E-state index in [0.717, 1.165) is 28.5 Å². The van der Waals surface area contributed by atoms with Gasteiger partial charge in [-0.1, -0.05) is 42.5 Å². The molecular formula is C21H21N5O. The van der Waals surface area contributed by atoms with Crippen molar-refractivity contribution in [2.75, 3.05) is 0 Å².